The fourth-order valence-electron chi connectivity index (χ4n) is 5.40. The number of rotatable bonds is 7. The fourth-order valence-corrected chi connectivity index (χ4v) is 5.54. The van der Waals surface area contributed by atoms with Crippen molar-refractivity contribution in [1.82, 2.24) is 20.1 Å². The Balaban J connectivity index is 1.44. The lowest BCUT2D eigenvalue weighted by molar-refractivity contribution is -0.154. The Labute approximate surface area is 226 Å². The number of hydrogen-bond acceptors (Lipinski definition) is 6. The Bertz CT molecular complexity index is 1320. The maximum Gasteiger partial charge on any atom is 0.328 e. The summed E-state index contributed by atoms with van der Waals surface area (Å²) in [6.45, 7) is 4.48. The normalized spacial score (nSPS) is 19.7. The van der Waals surface area contributed by atoms with Gasteiger partial charge in [-0.3, -0.25) is 14.5 Å². The molecule has 9 nitrogen and oxygen atoms in total. The molecule has 2 atom stereocenters. The van der Waals surface area contributed by atoms with Crippen molar-refractivity contribution in [3.63, 3.8) is 0 Å². The number of fused-ring (bicyclic) bond motifs is 3. The van der Waals surface area contributed by atoms with Gasteiger partial charge in [-0.15, -0.1) is 11.6 Å². The topological polar surface area (TPSA) is 104 Å². The number of H-pyrrole nitrogens is 1. The average Bonchev–Trinajstić information content (AvgIpc) is 3.34. The van der Waals surface area contributed by atoms with Crippen LogP contribution >= 0.6 is 11.6 Å². The van der Waals surface area contributed by atoms with Crippen molar-refractivity contribution >= 4 is 40.3 Å². The lowest BCUT2D eigenvalue weighted by Gasteiger charge is -2.40. The molecule has 0 unspecified atom stereocenters. The van der Waals surface area contributed by atoms with Gasteiger partial charge in [0.05, 0.1) is 26.4 Å². The standard InChI is InChI=1S/C28H31ClN4O5/c1-37-28(36)23-16-21-20-4-2-3-5-22(20)31-25(21)26(33(23)24(34)17-29)18-6-8-19(9-7-18)27(35)30-10-11-32-12-14-38-15-13-32/h2-9,23,26,31H,10-17H2,1H3,(H,30,35)/t23-,26+/m1/s1. The minimum absolute atomic E-state index is 0.166. The minimum Gasteiger partial charge on any atom is -0.467 e. The number of carbonyl (C=O) groups excluding carboxylic acids is 3. The molecule has 10 heteroatoms. The van der Waals surface area contributed by atoms with Gasteiger partial charge in [-0.25, -0.2) is 4.79 Å². The highest BCUT2D eigenvalue weighted by Gasteiger charge is 2.43. The average molecular weight is 539 g/mol. The van der Waals surface area contributed by atoms with E-state index in [1.54, 1.807) is 12.1 Å². The van der Waals surface area contributed by atoms with Crippen LogP contribution in [-0.2, 0) is 25.5 Å². The van der Waals surface area contributed by atoms with Crippen molar-refractivity contribution in [2.45, 2.75) is 18.5 Å². The molecule has 0 radical (unpaired) electrons. The summed E-state index contributed by atoms with van der Waals surface area (Å²) in [6, 6.07) is 13.6. The number of esters is 1. The molecule has 1 saturated heterocycles. The van der Waals surface area contributed by atoms with Crippen molar-refractivity contribution in [2.24, 2.45) is 0 Å². The SMILES string of the molecule is COC(=O)[C@H]1Cc2c([nH]c3ccccc23)[C@H](c2ccc(C(=O)NCCN3CCOCC3)cc2)N1C(=O)CCl. The summed E-state index contributed by atoms with van der Waals surface area (Å²) in [4.78, 5) is 46.0. The van der Waals surface area contributed by atoms with E-state index < -0.39 is 18.1 Å². The Morgan fingerprint density at radius 2 is 1.84 bits per heavy atom. The smallest absolute Gasteiger partial charge is 0.328 e. The molecule has 2 aromatic carbocycles. The largest absolute Gasteiger partial charge is 0.467 e. The first-order chi connectivity index (χ1) is 18.5. The van der Waals surface area contributed by atoms with Crippen LogP contribution < -0.4 is 5.32 Å². The lowest BCUT2D eigenvalue weighted by atomic mass is 9.87. The van der Waals surface area contributed by atoms with Crippen LogP contribution in [0.5, 0.6) is 0 Å². The molecule has 200 valence electrons. The predicted molar refractivity (Wildman–Crippen MR) is 143 cm³/mol. The van der Waals surface area contributed by atoms with E-state index in [2.05, 4.69) is 15.2 Å². The molecule has 3 heterocycles. The summed E-state index contributed by atoms with van der Waals surface area (Å²) in [5.74, 6) is -1.31. The van der Waals surface area contributed by atoms with Crippen LogP contribution in [0.1, 0.15) is 33.2 Å². The molecule has 5 rings (SSSR count). The molecule has 0 bridgehead atoms. The molecular formula is C28H31ClN4O5. The van der Waals surface area contributed by atoms with Crippen LogP contribution in [0.2, 0.25) is 0 Å². The Kier molecular flexibility index (Phi) is 7.97. The summed E-state index contributed by atoms with van der Waals surface area (Å²) in [5, 5.41) is 3.97. The first kappa shape index (κ1) is 26.2. The third kappa shape index (κ3) is 5.14. The van der Waals surface area contributed by atoms with Gasteiger partial charge in [0.25, 0.3) is 5.91 Å². The number of nitrogens with zero attached hydrogens (tertiary/aromatic N) is 2. The second kappa shape index (κ2) is 11.6. The first-order valence-corrected chi connectivity index (χ1v) is 13.3. The molecule has 2 aliphatic rings. The maximum atomic E-state index is 13.1. The zero-order valence-electron chi connectivity index (χ0n) is 21.2. The molecule has 2 aliphatic heterocycles. The zero-order chi connectivity index (χ0) is 26.6. The minimum atomic E-state index is -0.828. The monoisotopic (exact) mass is 538 g/mol. The van der Waals surface area contributed by atoms with E-state index in [0.29, 0.717) is 18.5 Å². The summed E-state index contributed by atoms with van der Waals surface area (Å²) < 4.78 is 10.4. The van der Waals surface area contributed by atoms with Crippen LogP contribution in [0.3, 0.4) is 0 Å². The Morgan fingerprint density at radius 1 is 1.11 bits per heavy atom. The highest BCUT2D eigenvalue weighted by atomic mass is 35.5. The third-order valence-corrected chi connectivity index (χ3v) is 7.54. The molecule has 1 aromatic heterocycles. The van der Waals surface area contributed by atoms with Crippen molar-refractivity contribution in [1.29, 1.82) is 0 Å². The van der Waals surface area contributed by atoms with Gasteiger partial charge in [0.1, 0.15) is 11.9 Å². The third-order valence-electron chi connectivity index (χ3n) is 7.31. The Morgan fingerprint density at radius 3 is 2.55 bits per heavy atom. The van der Waals surface area contributed by atoms with Gasteiger partial charge < -0.3 is 24.7 Å². The number of ether oxygens (including phenoxy) is 2. The van der Waals surface area contributed by atoms with Crippen LogP contribution in [0.25, 0.3) is 10.9 Å². The van der Waals surface area contributed by atoms with Crippen molar-refractivity contribution in [2.75, 3.05) is 52.4 Å². The molecular weight excluding hydrogens is 508 g/mol. The number of methoxy groups -OCH3 is 1. The second-order valence-electron chi connectivity index (χ2n) is 9.47. The summed E-state index contributed by atoms with van der Waals surface area (Å²) in [5.41, 5.74) is 3.98. The van der Waals surface area contributed by atoms with Gasteiger partial charge >= 0.3 is 5.97 Å². The molecule has 0 saturated carbocycles. The van der Waals surface area contributed by atoms with Gasteiger partial charge in [0.2, 0.25) is 5.91 Å². The van der Waals surface area contributed by atoms with Crippen molar-refractivity contribution in [3.05, 3.63) is 70.9 Å². The number of halogens is 1. The Hall–Kier alpha value is -3.40. The van der Waals surface area contributed by atoms with Crippen LogP contribution in [0.4, 0.5) is 0 Å². The molecule has 0 spiro atoms. The molecule has 0 aliphatic carbocycles. The van der Waals surface area contributed by atoms with E-state index in [9.17, 15) is 14.4 Å². The van der Waals surface area contributed by atoms with Crippen LogP contribution in [0.15, 0.2) is 48.5 Å². The number of benzene rings is 2. The molecule has 2 amide bonds. The van der Waals surface area contributed by atoms with E-state index in [1.165, 1.54) is 12.0 Å². The lowest BCUT2D eigenvalue weighted by Crippen LogP contribution is -2.52. The number of para-hydroxylation sites is 1. The maximum absolute atomic E-state index is 13.1. The van der Waals surface area contributed by atoms with Gasteiger partial charge in [0, 0.05) is 54.8 Å². The number of aromatic nitrogens is 1. The number of amides is 2. The summed E-state index contributed by atoms with van der Waals surface area (Å²) >= 11 is 6.01. The van der Waals surface area contributed by atoms with E-state index in [4.69, 9.17) is 21.1 Å². The fraction of sp³-hybridized carbons (Fsp3) is 0.393. The predicted octanol–water partition coefficient (Wildman–Crippen LogP) is 2.48. The molecule has 2 N–H and O–H groups in total. The van der Waals surface area contributed by atoms with Crippen molar-refractivity contribution < 1.29 is 23.9 Å². The van der Waals surface area contributed by atoms with Gasteiger partial charge in [-0.05, 0) is 29.3 Å². The van der Waals surface area contributed by atoms with Gasteiger partial charge in [0.15, 0.2) is 0 Å². The van der Waals surface area contributed by atoms with Crippen molar-refractivity contribution in [3.8, 4) is 0 Å². The second-order valence-corrected chi connectivity index (χ2v) is 9.74. The quantitative estimate of drug-likeness (QED) is 0.354. The molecule has 3 aromatic rings. The number of morpholine rings is 1. The number of carbonyl (C=O) groups is 3. The number of nitrogens with one attached hydrogen (secondary N) is 2. The van der Waals surface area contributed by atoms with E-state index in [1.807, 2.05) is 36.4 Å². The first-order valence-electron chi connectivity index (χ1n) is 12.7. The zero-order valence-corrected chi connectivity index (χ0v) is 22.0. The van der Waals surface area contributed by atoms with E-state index >= 15 is 0 Å². The number of aromatic amines is 1. The van der Waals surface area contributed by atoms with E-state index in [0.717, 1.165) is 60.6 Å². The highest BCUT2D eigenvalue weighted by molar-refractivity contribution is 6.27. The van der Waals surface area contributed by atoms with Crippen LogP contribution in [-0.4, -0.2) is 91.0 Å². The summed E-state index contributed by atoms with van der Waals surface area (Å²) in [6.07, 6.45) is 0.314. The van der Waals surface area contributed by atoms with Gasteiger partial charge in [-0.1, -0.05) is 30.3 Å². The highest BCUT2D eigenvalue weighted by Crippen LogP contribution is 2.41. The molecule has 38 heavy (non-hydrogen) atoms. The molecule has 1 fully saturated rings. The summed E-state index contributed by atoms with van der Waals surface area (Å²) in [7, 11) is 1.32. The van der Waals surface area contributed by atoms with Gasteiger partial charge in [-0.2, -0.15) is 0 Å². The van der Waals surface area contributed by atoms with Crippen LogP contribution in [0, 0.1) is 0 Å². The number of alkyl halides is 1. The number of hydrogen-bond donors (Lipinski definition) is 2. The van der Waals surface area contributed by atoms with E-state index in [-0.39, 0.29) is 17.7 Å².